The molecule has 2 heteroatoms. The van der Waals surface area contributed by atoms with E-state index in [0.717, 1.165) is 5.92 Å². The molecule has 2 heterocycles. The van der Waals surface area contributed by atoms with Gasteiger partial charge in [-0.25, -0.2) is 0 Å². The summed E-state index contributed by atoms with van der Waals surface area (Å²) in [6.45, 7) is 6.53. The first-order valence-electron chi connectivity index (χ1n) is 8.44. The predicted molar refractivity (Wildman–Crippen MR) is 86.3 cm³/mol. The molecule has 1 aromatic rings. The molecule has 0 unspecified atom stereocenters. The third-order valence-electron chi connectivity index (χ3n) is 5.04. The van der Waals surface area contributed by atoms with Crippen LogP contribution in [0.5, 0.6) is 0 Å². The predicted octanol–water partition coefficient (Wildman–Crippen LogP) is 3.78. The zero-order valence-electron chi connectivity index (χ0n) is 12.6. The van der Waals surface area contributed by atoms with Gasteiger partial charge in [0.25, 0.3) is 0 Å². The summed E-state index contributed by atoms with van der Waals surface area (Å²) in [6, 6.07) is 10.9. The lowest BCUT2D eigenvalue weighted by molar-refractivity contribution is 0.205. The van der Waals surface area contributed by atoms with Crippen molar-refractivity contribution in [3.8, 4) is 0 Å². The minimum atomic E-state index is 0.955. The summed E-state index contributed by atoms with van der Waals surface area (Å²) in [5.41, 5.74) is 1.40. The van der Waals surface area contributed by atoms with Gasteiger partial charge in [0, 0.05) is 18.8 Å². The van der Waals surface area contributed by atoms with Gasteiger partial charge in [-0.3, -0.25) is 0 Å². The summed E-state index contributed by atoms with van der Waals surface area (Å²) < 4.78 is 0. The molecule has 110 valence electrons. The second-order valence-corrected chi connectivity index (χ2v) is 6.46. The van der Waals surface area contributed by atoms with Crippen LogP contribution in [-0.4, -0.2) is 37.6 Å². The van der Waals surface area contributed by atoms with Crippen molar-refractivity contribution in [2.24, 2.45) is 5.92 Å². The van der Waals surface area contributed by atoms with Gasteiger partial charge in [-0.2, -0.15) is 0 Å². The highest BCUT2D eigenvalue weighted by Gasteiger charge is 2.20. The van der Waals surface area contributed by atoms with E-state index < -0.39 is 0 Å². The van der Waals surface area contributed by atoms with E-state index in [-0.39, 0.29) is 0 Å². The van der Waals surface area contributed by atoms with Crippen LogP contribution in [-0.2, 0) is 0 Å². The third-order valence-corrected chi connectivity index (χ3v) is 5.04. The molecular formula is C18H28N2. The lowest BCUT2D eigenvalue weighted by atomic mass is 9.92. The molecule has 2 saturated heterocycles. The molecule has 0 radical (unpaired) electrons. The summed E-state index contributed by atoms with van der Waals surface area (Å²) in [4.78, 5) is 5.24. The van der Waals surface area contributed by atoms with Crippen LogP contribution in [0.2, 0.25) is 0 Å². The summed E-state index contributed by atoms with van der Waals surface area (Å²) in [5, 5.41) is 0. The number of anilines is 1. The van der Waals surface area contributed by atoms with Gasteiger partial charge in [-0.1, -0.05) is 24.6 Å². The maximum Gasteiger partial charge on any atom is 0.0366 e. The normalized spacial score (nSPS) is 22.1. The largest absolute Gasteiger partial charge is 0.372 e. The van der Waals surface area contributed by atoms with Gasteiger partial charge < -0.3 is 9.80 Å². The van der Waals surface area contributed by atoms with Gasteiger partial charge in [0.05, 0.1) is 0 Å². The second-order valence-electron chi connectivity index (χ2n) is 6.46. The molecule has 20 heavy (non-hydrogen) atoms. The standard InChI is InChI=1S/C18H28N2/c1-3-7-18(8-4-1)20-15-10-17(11-16-20)9-14-19-12-5-2-6-13-19/h1,3-4,7-8,17H,2,5-6,9-16H2. The van der Waals surface area contributed by atoms with E-state index in [1.807, 2.05) is 0 Å². The van der Waals surface area contributed by atoms with Crippen LogP contribution in [0.25, 0.3) is 0 Å². The first kappa shape index (κ1) is 13.9. The fraction of sp³-hybridized carbons (Fsp3) is 0.667. The van der Waals surface area contributed by atoms with Gasteiger partial charge in [0.1, 0.15) is 0 Å². The molecule has 2 fully saturated rings. The molecule has 0 aliphatic carbocycles. The zero-order valence-corrected chi connectivity index (χ0v) is 12.6. The molecule has 0 saturated carbocycles. The average Bonchev–Trinajstić information content (AvgIpc) is 2.55. The number of nitrogens with zero attached hydrogens (tertiary/aromatic N) is 2. The molecule has 0 aromatic heterocycles. The molecule has 2 aliphatic heterocycles. The summed E-state index contributed by atoms with van der Waals surface area (Å²) >= 11 is 0. The quantitative estimate of drug-likeness (QED) is 0.823. The number of benzene rings is 1. The Morgan fingerprint density at radius 3 is 2.25 bits per heavy atom. The number of hydrogen-bond acceptors (Lipinski definition) is 2. The second kappa shape index (κ2) is 7.12. The van der Waals surface area contributed by atoms with Crippen molar-refractivity contribution in [3.05, 3.63) is 30.3 Å². The van der Waals surface area contributed by atoms with E-state index in [4.69, 9.17) is 0 Å². The number of rotatable bonds is 4. The highest BCUT2D eigenvalue weighted by Crippen LogP contribution is 2.25. The number of likely N-dealkylation sites (tertiary alicyclic amines) is 1. The number of para-hydroxylation sites is 1. The molecule has 0 atom stereocenters. The van der Waals surface area contributed by atoms with Gasteiger partial charge in [-0.05, 0) is 69.8 Å². The van der Waals surface area contributed by atoms with Crippen LogP contribution < -0.4 is 4.90 Å². The monoisotopic (exact) mass is 272 g/mol. The van der Waals surface area contributed by atoms with Crippen molar-refractivity contribution in [2.45, 2.75) is 38.5 Å². The molecule has 2 aliphatic rings. The molecule has 0 spiro atoms. The Bertz CT molecular complexity index is 376. The Kier molecular flexibility index (Phi) is 4.96. The van der Waals surface area contributed by atoms with E-state index in [1.165, 1.54) is 76.9 Å². The summed E-state index contributed by atoms with van der Waals surface area (Å²) in [6.07, 6.45) is 8.47. The SMILES string of the molecule is c1ccc(N2CCC(CCN3CCCCC3)CC2)cc1. The lowest BCUT2D eigenvalue weighted by Gasteiger charge is -2.35. The van der Waals surface area contributed by atoms with Gasteiger partial charge in [0.2, 0.25) is 0 Å². The van der Waals surface area contributed by atoms with Crippen LogP contribution in [0.1, 0.15) is 38.5 Å². The molecular weight excluding hydrogens is 244 g/mol. The minimum absolute atomic E-state index is 0.955. The Morgan fingerprint density at radius 2 is 1.55 bits per heavy atom. The van der Waals surface area contributed by atoms with E-state index in [1.54, 1.807) is 0 Å². The van der Waals surface area contributed by atoms with Crippen LogP contribution in [0.4, 0.5) is 5.69 Å². The van der Waals surface area contributed by atoms with E-state index in [2.05, 4.69) is 40.1 Å². The number of piperidine rings is 2. The van der Waals surface area contributed by atoms with Crippen molar-refractivity contribution in [1.29, 1.82) is 0 Å². The van der Waals surface area contributed by atoms with Crippen molar-refractivity contribution in [1.82, 2.24) is 4.90 Å². The van der Waals surface area contributed by atoms with Gasteiger partial charge in [-0.15, -0.1) is 0 Å². The van der Waals surface area contributed by atoms with Gasteiger partial charge in [0.15, 0.2) is 0 Å². The fourth-order valence-corrected chi connectivity index (χ4v) is 3.67. The van der Waals surface area contributed by atoms with Crippen LogP contribution in [0.15, 0.2) is 30.3 Å². The molecule has 1 aromatic carbocycles. The van der Waals surface area contributed by atoms with Crippen LogP contribution in [0, 0.1) is 5.92 Å². The van der Waals surface area contributed by atoms with Crippen LogP contribution in [0.3, 0.4) is 0 Å². The first-order valence-corrected chi connectivity index (χ1v) is 8.44. The van der Waals surface area contributed by atoms with Crippen molar-refractivity contribution in [3.63, 3.8) is 0 Å². The van der Waals surface area contributed by atoms with Crippen molar-refractivity contribution in [2.75, 3.05) is 37.6 Å². The Morgan fingerprint density at radius 1 is 0.850 bits per heavy atom. The maximum absolute atomic E-state index is 2.69. The van der Waals surface area contributed by atoms with Gasteiger partial charge >= 0.3 is 0 Å². The van der Waals surface area contributed by atoms with E-state index >= 15 is 0 Å². The lowest BCUT2D eigenvalue weighted by Crippen LogP contribution is -2.36. The molecule has 3 rings (SSSR count). The smallest absolute Gasteiger partial charge is 0.0366 e. The number of hydrogen-bond donors (Lipinski definition) is 0. The Labute approximate surface area is 123 Å². The van der Waals surface area contributed by atoms with E-state index in [0.29, 0.717) is 0 Å². The topological polar surface area (TPSA) is 6.48 Å². The molecule has 2 nitrogen and oxygen atoms in total. The average molecular weight is 272 g/mol. The van der Waals surface area contributed by atoms with E-state index in [9.17, 15) is 0 Å². The van der Waals surface area contributed by atoms with Crippen molar-refractivity contribution >= 4 is 5.69 Å². The highest BCUT2D eigenvalue weighted by molar-refractivity contribution is 5.46. The van der Waals surface area contributed by atoms with Crippen molar-refractivity contribution < 1.29 is 0 Å². The fourth-order valence-electron chi connectivity index (χ4n) is 3.67. The maximum atomic E-state index is 2.69. The molecule has 0 amide bonds. The molecule has 0 bridgehead atoms. The minimum Gasteiger partial charge on any atom is -0.372 e. The molecule has 0 N–H and O–H groups in total. The Balaban J connectivity index is 1.40. The Hall–Kier alpha value is -1.02. The first-order chi connectivity index (χ1) is 9.92. The highest BCUT2D eigenvalue weighted by atomic mass is 15.1. The van der Waals surface area contributed by atoms with Crippen LogP contribution >= 0.6 is 0 Å². The summed E-state index contributed by atoms with van der Waals surface area (Å²) in [5.74, 6) is 0.955. The zero-order chi connectivity index (χ0) is 13.6. The summed E-state index contributed by atoms with van der Waals surface area (Å²) in [7, 11) is 0. The third kappa shape index (κ3) is 3.76.